The molecule has 1 aromatic heterocycles. The molecule has 0 bridgehead atoms. The van der Waals surface area contributed by atoms with Gasteiger partial charge in [-0.2, -0.15) is 0 Å². The minimum atomic E-state index is 0. The number of thiazole rings is 1. The Hall–Kier alpha value is -0.850. The molecule has 2 atom stereocenters. The molecule has 2 N–H and O–H groups in total. The van der Waals surface area contributed by atoms with Crippen LogP contribution in [0.2, 0.25) is 0 Å². The molecule has 2 heterocycles. The Bertz CT molecular complexity index is 527. The summed E-state index contributed by atoms with van der Waals surface area (Å²) in [6.45, 7) is 5.12. The zero-order chi connectivity index (χ0) is 14.7. The molecule has 1 fully saturated rings. The number of hydrogen-bond acceptors (Lipinski definition) is 4. The minimum absolute atomic E-state index is 0. The highest BCUT2D eigenvalue weighted by molar-refractivity contribution is 7.07. The van der Waals surface area contributed by atoms with Gasteiger partial charge in [0, 0.05) is 42.7 Å². The maximum absolute atomic E-state index is 12.4. The minimum Gasteiger partial charge on any atom is -0.338 e. The summed E-state index contributed by atoms with van der Waals surface area (Å²) < 4.78 is 1.67. The quantitative estimate of drug-likeness (QED) is 0.912. The van der Waals surface area contributed by atoms with Crippen LogP contribution in [0.3, 0.4) is 0 Å². The Morgan fingerprint density at radius 2 is 2.24 bits per heavy atom. The lowest BCUT2D eigenvalue weighted by Gasteiger charge is -2.38. The van der Waals surface area contributed by atoms with Crippen molar-refractivity contribution in [1.82, 2.24) is 9.47 Å². The van der Waals surface area contributed by atoms with E-state index in [2.05, 4.69) is 0 Å². The van der Waals surface area contributed by atoms with Crippen molar-refractivity contribution in [3.05, 3.63) is 20.7 Å². The number of amides is 1. The van der Waals surface area contributed by atoms with Crippen LogP contribution >= 0.6 is 23.7 Å². The molecule has 21 heavy (non-hydrogen) atoms. The maximum Gasteiger partial charge on any atom is 0.307 e. The number of piperidine rings is 1. The third-order valence-corrected chi connectivity index (χ3v) is 4.88. The second-order valence-corrected chi connectivity index (χ2v) is 6.37. The van der Waals surface area contributed by atoms with Gasteiger partial charge < -0.3 is 15.2 Å². The van der Waals surface area contributed by atoms with Gasteiger partial charge in [-0.3, -0.25) is 9.59 Å². The van der Waals surface area contributed by atoms with E-state index in [4.69, 9.17) is 5.73 Å². The number of rotatable bonds is 4. The molecule has 2 unspecified atom stereocenters. The predicted molar refractivity (Wildman–Crippen MR) is 88.2 cm³/mol. The zero-order valence-corrected chi connectivity index (χ0v) is 14.2. The van der Waals surface area contributed by atoms with Crippen LogP contribution in [0.15, 0.2) is 10.2 Å². The Morgan fingerprint density at radius 3 is 2.81 bits per heavy atom. The van der Waals surface area contributed by atoms with Gasteiger partial charge in [0.05, 0.1) is 0 Å². The van der Waals surface area contributed by atoms with Crippen LogP contribution in [-0.4, -0.2) is 34.0 Å². The molecular weight excluding hydrogens is 310 g/mol. The van der Waals surface area contributed by atoms with E-state index in [9.17, 15) is 9.59 Å². The van der Waals surface area contributed by atoms with Crippen LogP contribution in [0.5, 0.6) is 0 Å². The first-order valence-corrected chi connectivity index (χ1v) is 8.08. The molecular formula is C14H24ClN3O2S. The Kier molecular flexibility index (Phi) is 6.90. The molecule has 0 radical (unpaired) electrons. The van der Waals surface area contributed by atoms with Gasteiger partial charge in [-0.1, -0.05) is 11.3 Å². The molecule has 1 aliphatic rings. The van der Waals surface area contributed by atoms with Crippen molar-refractivity contribution in [2.24, 2.45) is 5.73 Å². The molecule has 2 rings (SSSR count). The SMILES string of the molecule is Cc1csc(=O)n1CCC(=O)N1CCCCC1C(C)N.Cl. The van der Waals surface area contributed by atoms with E-state index in [1.54, 1.807) is 4.57 Å². The van der Waals surface area contributed by atoms with Gasteiger partial charge in [0.2, 0.25) is 5.91 Å². The summed E-state index contributed by atoms with van der Waals surface area (Å²) in [5, 5.41) is 1.83. The maximum atomic E-state index is 12.4. The molecule has 1 amide bonds. The molecule has 1 aliphatic heterocycles. The van der Waals surface area contributed by atoms with Crippen molar-refractivity contribution in [3.8, 4) is 0 Å². The Labute approximate surface area is 135 Å². The van der Waals surface area contributed by atoms with Gasteiger partial charge in [-0.25, -0.2) is 0 Å². The lowest BCUT2D eigenvalue weighted by molar-refractivity contribution is -0.135. The Balaban J connectivity index is 0.00000220. The average molecular weight is 334 g/mol. The van der Waals surface area contributed by atoms with E-state index < -0.39 is 0 Å². The Morgan fingerprint density at radius 1 is 1.52 bits per heavy atom. The van der Waals surface area contributed by atoms with Crippen molar-refractivity contribution in [3.63, 3.8) is 0 Å². The van der Waals surface area contributed by atoms with Gasteiger partial charge >= 0.3 is 4.87 Å². The van der Waals surface area contributed by atoms with Gasteiger partial charge in [0.15, 0.2) is 0 Å². The summed E-state index contributed by atoms with van der Waals surface area (Å²) in [7, 11) is 0. The molecule has 1 saturated heterocycles. The van der Waals surface area contributed by atoms with Crippen molar-refractivity contribution in [1.29, 1.82) is 0 Å². The van der Waals surface area contributed by atoms with E-state index in [1.807, 2.05) is 24.1 Å². The number of halogens is 1. The van der Waals surface area contributed by atoms with E-state index in [0.717, 1.165) is 31.5 Å². The topological polar surface area (TPSA) is 68.3 Å². The van der Waals surface area contributed by atoms with E-state index in [1.165, 1.54) is 11.3 Å². The fraction of sp³-hybridized carbons (Fsp3) is 0.714. The van der Waals surface area contributed by atoms with Crippen LogP contribution < -0.4 is 10.6 Å². The van der Waals surface area contributed by atoms with Gasteiger partial charge in [0.25, 0.3) is 0 Å². The van der Waals surface area contributed by atoms with E-state index >= 15 is 0 Å². The normalized spacial score (nSPS) is 20.0. The van der Waals surface area contributed by atoms with Crippen molar-refractivity contribution >= 4 is 29.7 Å². The third-order valence-electron chi connectivity index (χ3n) is 4.00. The second kappa shape index (κ2) is 7.96. The second-order valence-electron chi connectivity index (χ2n) is 5.55. The number of likely N-dealkylation sites (tertiary alicyclic amines) is 1. The highest BCUT2D eigenvalue weighted by atomic mass is 35.5. The summed E-state index contributed by atoms with van der Waals surface area (Å²) in [5.41, 5.74) is 6.91. The first-order valence-electron chi connectivity index (χ1n) is 7.20. The van der Waals surface area contributed by atoms with Crippen LogP contribution in [0.25, 0.3) is 0 Å². The number of aromatic nitrogens is 1. The monoisotopic (exact) mass is 333 g/mol. The molecule has 0 saturated carbocycles. The third kappa shape index (κ3) is 4.31. The number of nitrogens with two attached hydrogens (primary N) is 1. The van der Waals surface area contributed by atoms with Crippen LogP contribution in [0.4, 0.5) is 0 Å². The van der Waals surface area contributed by atoms with Gasteiger partial charge in [-0.15, -0.1) is 12.4 Å². The number of carbonyl (C=O) groups is 1. The van der Waals surface area contributed by atoms with E-state index in [-0.39, 0.29) is 35.3 Å². The number of carbonyl (C=O) groups excluding carboxylic acids is 1. The standard InChI is InChI=1S/C14H23N3O2S.ClH/c1-10-9-20-14(19)16(10)8-6-13(18)17-7-4-3-5-12(17)11(2)15;/h9,11-12H,3-8,15H2,1-2H3;1H. The molecule has 0 spiro atoms. The smallest absolute Gasteiger partial charge is 0.307 e. The molecule has 7 heteroatoms. The number of aryl methyl sites for hydroxylation is 1. The molecule has 0 aromatic carbocycles. The summed E-state index contributed by atoms with van der Waals surface area (Å²) in [5.74, 6) is 0.115. The molecule has 120 valence electrons. The molecule has 5 nitrogen and oxygen atoms in total. The van der Waals surface area contributed by atoms with Crippen molar-refractivity contribution < 1.29 is 4.79 Å². The molecule has 1 aromatic rings. The fourth-order valence-electron chi connectivity index (χ4n) is 2.84. The van der Waals surface area contributed by atoms with Crippen LogP contribution in [-0.2, 0) is 11.3 Å². The van der Waals surface area contributed by atoms with Gasteiger partial charge in [0.1, 0.15) is 0 Å². The van der Waals surface area contributed by atoms with Crippen molar-refractivity contribution in [2.75, 3.05) is 6.54 Å². The first kappa shape index (κ1) is 18.2. The largest absolute Gasteiger partial charge is 0.338 e. The van der Waals surface area contributed by atoms with Crippen LogP contribution in [0, 0.1) is 6.92 Å². The lowest BCUT2D eigenvalue weighted by atomic mass is 9.96. The van der Waals surface area contributed by atoms with Crippen molar-refractivity contribution in [2.45, 2.75) is 58.2 Å². The summed E-state index contributed by atoms with van der Waals surface area (Å²) in [4.78, 5) is 26.0. The summed E-state index contributed by atoms with van der Waals surface area (Å²) in [6, 6.07) is 0.154. The summed E-state index contributed by atoms with van der Waals surface area (Å²) in [6.07, 6.45) is 3.55. The lowest BCUT2D eigenvalue weighted by Crippen LogP contribution is -2.51. The summed E-state index contributed by atoms with van der Waals surface area (Å²) >= 11 is 1.19. The number of nitrogens with zero attached hydrogens (tertiary/aromatic N) is 2. The highest BCUT2D eigenvalue weighted by Crippen LogP contribution is 2.20. The van der Waals surface area contributed by atoms with Crippen LogP contribution in [0.1, 0.15) is 38.3 Å². The first-order chi connectivity index (χ1) is 9.50. The molecule has 0 aliphatic carbocycles. The van der Waals surface area contributed by atoms with E-state index in [0.29, 0.717) is 13.0 Å². The zero-order valence-electron chi connectivity index (χ0n) is 12.6. The fourth-order valence-corrected chi connectivity index (χ4v) is 3.60. The van der Waals surface area contributed by atoms with Gasteiger partial charge in [-0.05, 0) is 33.1 Å². The number of hydrogen-bond donors (Lipinski definition) is 1. The average Bonchev–Trinajstić information content (AvgIpc) is 2.75. The predicted octanol–water partition coefficient (Wildman–Crippen LogP) is 1.76. The highest BCUT2D eigenvalue weighted by Gasteiger charge is 2.28.